The minimum Gasteiger partial charge on any atom is -0.444 e. The Bertz CT molecular complexity index is 553. The molecule has 0 aliphatic carbocycles. The molecule has 0 unspecified atom stereocenters. The van der Waals surface area contributed by atoms with Crippen LogP contribution >= 0.6 is 0 Å². The van der Waals surface area contributed by atoms with E-state index >= 15 is 0 Å². The molecule has 120 valence electrons. The van der Waals surface area contributed by atoms with Crippen LogP contribution in [0.5, 0.6) is 0 Å². The first kappa shape index (κ1) is 14.9. The van der Waals surface area contributed by atoms with E-state index in [0.717, 1.165) is 24.7 Å². The molecule has 3 rings (SSSR count). The van der Waals surface area contributed by atoms with Gasteiger partial charge in [0.1, 0.15) is 23.1 Å². The molecule has 7 heteroatoms. The van der Waals surface area contributed by atoms with Gasteiger partial charge in [-0.3, -0.25) is 5.32 Å². The van der Waals surface area contributed by atoms with Crippen molar-refractivity contribution in [2.24, 2.45) is 4.99 Å². The van der Waals surface area contributed by atoms with Gasteiger partial charge in [-0.15, -0.1) is 0 Å². The molecular weight excluding hydrogens is 282 g/mol. The molecule has 0 radical (unpaired) electrons. The second kappa shape index (κ2) is 5.64. The summed E-state index contributed by atoms with van der Waals surface area (Å²) in [6, 6.07) is 0. The van der Waals surface area contributed by atoms with Crippen LogP contribution in [0.15, 0.2) is 28.8 Å². The number of aliphatic imine (C=N–C) groups is 1. The number of alkyl carbamates (subject to hydrolysis) is 1. The number of carbonyl (C=O) groups excluding carboxylic acids is 1. The van der Waals surface area contributed by atoms with Gasteiger partial charge in [-0.1, -0.05) is 0 Å². The molecule has 22 heavy (non-hydrogen) atoms. The number of ether oxygens (including phenoxy) is 1. The number of amidine groups is 1. The zero-order valence-electron chi connectivity index (χ0n) is 13.3. The number of nitrogens with zero attached hydrogens (tertiary/aromatic N) is 3. The first-order valence-corrected chi connectivity index (χ1v) is 7.71. The van der Waals surface area contributed by atoms with Gasteiger partial charge >= 0.3 is 6.09 Å². The Labute approximate surface area is 130 Å². The van der Waals surface area contributed by atoms with Crippen molar-refractivity contribution in [1.82, 2.24) is 20.7 Å². The van der Waals surface area contributed by atoms with Crippen LogP contribution in [0.3, 0.4) is 0 Å². The second-order valence-corrected chi connectivity index (χ2v) is 6.58. The van der Waals surface area contributed by atoms with Crippen molar-refractivity contribution >= 4 is 11.9 Å². The molecule has 3 aliphatic rings. The minimum absolute atomic E-state index is 0.463. The van der Waals surface area contributed by atoms with Crippen LogP contribution in [0.25, 0.3) is 0 Å². The van der Waals surface area contributed by atoms with Gasteiger partial charge in [-0.05, 0) is 39.7 Å². The van der Waals surface area contributed by atoms with Crippen molar-refractivity contribution in [1.29, 1.82) is 0 Å². The van der Waals surface area contributed by atoms with Crippen LogP contribution in [0, 0.1) is 0 Å². The molecule has 1 fully saturated rings. The zero-order chi connectivity index (χ0) is 15.7. The largest absolute Gasteiger partial charge is 0.444 e. The van der Waals surface area contributed by atoms with Crippen LogP contribution in [-0.2, 0) is 4.74 Å². The van der Waals surface area contributed by atoms with E-state index in [-0.39, 0.29) is 0 Å². The predicted molar refractivity (Wildman–Crippen MR) is 83.6 cm³/mol. The number of carbonyl (C=O) groups is 1. The van der Waals surface area contributed by atoms with Crippen LogP contribution in [0.2, 0.25) is 0 Å². The summed E-state index contributed by atoms with van der Waals surface area (Å²) in [4.78, 5) is 18.9. The summed E-state index contributed by atoms with van der Waals surface area (Å²) < 4.78 is 5.33. The summed E-state index contributed by atoms with van der Waals surface area (Å²) >= 11 is 0. The standard InChI is InChI=1S/C15H23N5O2/c1-15(2,3)22-14(21)18-13-10-12(19-8-4-5-9-19)17-11-6-7-16-20(11)13/h6,10,16H,4-5,7-9H2,1-3H3,(H,18,21). The van der Waals surface area contributed by atoms with Crippen molar-refractivity contribution in [3.63, 3.8) is 0 Å². The molecule has 0 spiro atoms. The van der Waals surface area contributed by atoms with Gasteiger partial charge in [-0.2, -0.15) is 0 Å². The molecule has 3 heterocycles. The average molecular weight is 305 g/mol. The van der Waals surface area contributed by atoms with Crippen LogP contribution in [0.4, 0.5) is 4.79 Å². The Hall–Kier alpha value is -2.02. The zero-order valence-corrected chi connectivity index (χ0v) is 13.3. The summed E-state index contributed by atoms with van der Waals surface area (Å²) in [5, 5.41) is 4.60. The maximum absolute atomic E-state index is 12.0. The fourth-order valence-electron chi connectivity index (χ4n) is 2.65. The lowest BCUT2D eigenvalue weighted by atomic mass is 10.2. The summed E-state index contributed by atoms with van der Waals surface area (Å²) in [5.74, 6) is 2.36. The monoisotopic (exact) mass is 305 g/mol. The third kappa shape index (κ3) is 3.24. The van der Waals surface area contributed by atoms with E-state index in [1.165, 1.54) is 12.8 Å². The van der Waals surface area contributed by atoms with Crippen molar-refractivity contribution < 1.29 is 9.53 Å². The number of fused-ring (bicyclic) bond motifs is 1. The van der Waals surface area contributed by atoms with E-state index in [1.54, 1.807) is 5.01 Å². The molecule has 7 nitrogen and oxygen atoms in total. The van der Waals surface area contributed by atoms with Gasteiger partial charge in [0.05, 0.1) is 0 Å². The smallest absolute Gasteiger partial charge is 0.413 e. The molecule has 2 N–H and O–H groups in total. The minimum atomic E-state index is -0.526. The Kier molecular flexibility index (Phi) is 3.82. The third-order valence-corrected chi connectivity index (χ3v) is 3.56. The molecule has 1 amide bonds. The van der Waals surface area contributed by atoms with Crippen LogP contribution in [0.1, 0.15) is 33.6 Å². The Morgan fingerprint density at radius 2 is 2.09 bits per heavy atom. The second-order valence-electron chi connectivity index (χ2n) is 6.58. The molecule has 0 aromatic rings. The fraction of sp³-hybridized carbons (Fsp3) is 0.600. The summed E-state index contributed by atoms with van der Waals surface area (Å²) in [5.41, 5.74) is 2.64. The normalized spacial score (nSPS) is 21.1. The number of likely N-dealkylation sites (tertiary alicyclic amines) is 1. The number of hydrogen-bond acceptors (Lipinski definition) is 6. The predicted octanol–water partition coefficient (Wildman–Crippen LogP) is 1.52. The van der Waals surface area contributed by atoms with E-state index in [0.29, 0.717) is 12.4 Å². The molecule has 0 aromatic carbocycles. The first-order chi connectivity index (χ1) is 10.4. The number of hydrogen-bond donors (Lipinski definition) is 2. The topological polar surface area (TPSA) is 69.2 Å². The van der Waals surface area contributed by atoms with Gasteiger partial charge in [0, 0.05) is 25.7 Å². The van der Waals surface area contributed by atoms with E-state index < -0.39 is 11.7 Å². The maximum Gasteiger partial charge on any atom is 0.413 e. The lowest BCUT2D eigenvalue weighted by Crippen LogP contribution is -2.44. The highest BCUT2D eigenvalue weighted by Gasteiger charge is 2.28. The summed E-state index contributed by atoms with van der Waals surface area (Å²) in [6.07, 6.45) is 5.80. The highest BCUT2D eigenvalue weighted by molar-refractivity contribution is 5.95. The lowest BCUT2D eigenvalue weighted by Gasteiger charge is -2.30. The van der Waals surface area contributed by atoms with Crippen LogP contribution in [-0.4, -0.2) is 47.1 Å². The SMILES string of the molecule is CC(C)(C)OC(=O)NC1=CC(N2CCCC2)=NC2=CCNN21. The number of hydrazine groups is 1. The highest BCUT2D eigenvalue weighted by Crippen LogP contribution is 2.22. The molecule has 1 saturated heterocycles. The number of nitrogens with one attached hydrogen (secondary N) is 2. The van der Waals surface area contributed by atoms with Crippen molar-refractivity contribution in [3.05, 3.63) is 23.8 Å². The first-order valence-electron chi connectivity index (χ1n) is 7.71. The maximum atomic E-state index is 12.0. The van der Waals surface area contributed by atoms with E-state index in [2.05, 4.69) is 20.6 Å². The summed E-state index contributed by atoms with van der Waals surface area (Å²) in [6.45, 7) is 8.25. The highest BCUT2D eigenvalue weighted by atomic mass is 16.6. The molecule has 0 aromatic heterocycles. The molecule has 0 bridgehead atoms. The van der Waals surface area contributed by atoms with Gasteiger partial charge in [0.25, 0.3) is 0 Å². The quantitative estimate of drug-likeness (QED) is 0.769. The summed E-state index contributed by atoms with van der Waals surface area (Å²) in [7, 11) is 0. The van der Waals surface area contributed by atoms with Crippen molar-refractivity contribution in [2.45, 2.75) is 39.2 Å². The van der Waals surface area contributed by atoms with Crippen LogP contribution < -0.4 is 10.7 Å². The third-order valence-electron chi connectivity index (χ3n) is 3.56. The van der Waals surface area contributed by atoms with Gasteiger partial charge in [0.2, 0.25) is 0 Å². The Morgan fingerprint density at radius 1 is 1.36 bits per heavy atom. The van der Waals surface area contributed by atoms with Gasteiger partial charge < -0.3 is 9.64 Å². The van der Waals surface area contributed by atoms with Gasteiger partial charge in [0.15, 0.2) is 0 Å². The molecule has 3 aliphatic heterocycles. The molecule has 0 saturated carbocycles. The van der Waals surface area contributed by atoms with E-state index in [1.807, 2.05) is 32.9 Å². The Morgan fingerprint density at radius 3 is 2.77 bits per heavy atom. The van der Waals surface area contributed by atoms with E-state index in [4.69, 9.17) is 4.74 Å². The number of amides is 1. The molecule has 0 atom stereocenters. The fourth-order valence-corrected chi connectivity index (χ4v) is 2.65. The number of rotatable bonds is 1. The van der Waals surface area contributed by atoms with Gasteiger partial charge in [-0.25, -0.2) is 20.2 Å². The van der Waals surface area contributed by atoms with E-state index in [9.17, 15) is 4.79 Å². The van der Waals surface area contributed by atoms with Crippen molar-refractivity contribution in [3.8, 4) is 0 Å². The lowest BCUT2D eigenvalue weighted by molar-refractivity contribution is 0.0526. The van der Waals surface area contributed by atoms with Crippen molar-refractivity contribution in [2.75, 3.05) is 19.6 Å². The molecular formula is C15H23N5O2. The Balaban J connectivity index is 1.77. The average Bonchev–Trinajstić information content (AvgIpc) is 3.07.